The van der Waals surface area contributed by atoms with E-state index in [9.17, 15) is 23.1 Å². The number of carboxylic acid groups (broad SMARTS) is 1. The number of rotatable bonds is 6. The number of hydrogen-bond donors (Lipinski definition) is 1. The molecular formula is C23H35NO6S. The first-order valence-corrected chi connectivity index (χ1v) is 12.5. The summed E-state index contributed by atoms with van der Waals surface area (Å²) in [5.74, 6) is -1.18. The van der Waals surface area contributed by atoms with Crippen LogP contribution in [0.15, 0.2) is 18.2 Å². The second kappa shape index (κ2) is 8.45. The molecule has 1 N–H and O–H groups in total. The molecule has 2 rings (SSSR count). The zero-order valence-electron chi connectivity index (χ0n) is 19.7. The second-order valence-electron chi connectivity index (χ2n) is 10.1. The van der Waals surface area contributed by atoms with Gasteiger partial charge in [0.2, 0.25) is 0 Å². The summed E-state index contributed by atoms with van der Waals surface area (Å²) in [6.45, 7) is 11.5. The molecule has 0 saturated carbocycles. The third-order valence-corrected chi connectivity index (χ3v) is 7.78. The predicted molar refractivity (Wildman–Crippen MR) is 120 cm³/mol. The smallest absolute Gasteiger partial charge is 0.329 e. The van der Waals surface area contributed by atoms with Gasteiger partial charge in [-0.15, -0.1) is 0 Å². The van der Waals surface area contributed by atoms with Gasteiger partial charge in [-0.25, -0.2) is 13.2 Å². The summed E-state index contributed by atoms with van der Waals surface area (Å²) in [6.07, 6.45) is 1.15. The maximum absolute atomic E-state index is 13.7. The molecule has 1 aliphatic heterocycles. The molecule has 31 heavy (non-hydrogen) atoms. The zero-order valence-corrected chi connectivity index (χ0v) is 20.5. The lowest BCUT2D eigenvalue weighted by Crippen LogP contribution is -2.56. The van der Waals surface area contributed by atoms with Crippen molar-refractivity contribution in [2.45, 2.75) is 76.6 Å². The molecule has 0 radical (unpaired) electrons. The fourth-order valence-corrected chi connectivity index (χ4v) is 6.18. The lowest BCUT2D eigenvalue weighted by molar-refractivity contribution is -0.150. The zero-order chi connectivity index (χ0) is 23.9. The summed E-state index contributed by atoms with van der Waals surface area (Å²) in [4.78, 5) is 27.5. The SMILES string of the molecule is COc1cc(C(=O)N2[C@H](C)[C@@H](S(C)(=O)=O)C[C@@]2(CC(C)C)C(=O)O)ccc1C(C)(C)C. The van der Waals surface area contributed by atoms with Gasteiger partial charge in [0.15, 0.2) is 9.84 Å². The van der Waals surface area contributed by atoms with Crippen molar-refractivity contribution < 1.29 is 27.9 Å². The van der Waals surface area contributed by atoms with Gasteiger partial charge >= 0.3 is 5.97 Å². The Hall–Kier alpha value is -2.09. The number of benzene rings is 1. The van der Waals surface area contributed by atoms with E-state index in [1.54, 1.807) is 19.1 Å². The maximum atomic E-state index is 13.7. The highest BCUT2D eigenvalue weighted by atomic mass is 32.2. The Kier molecular flexibility index (Phi) is 6.86. The molecule has 0 aliphatic carbocycles. The topological polar surface area (TPSA) is 101 Å². The van der Waals surface area contributed by atoms with Crippen LogP contribution < -0.4 is 4.74 Å². The third kappa shape index (κ3) is 4.73. The van der Waals surface area contributed by atoms with Gasteiger partial charge in [-0.05, 0) is 42.4 Å². The van der Waals surface area contributed by atoms with Crippen LogP contribution >= 0.6 is 0 Å². The molecule has 1 aromatic carbocycles. The molecule has 1 amide bonds. The Morgan fingerprint density at radius 1 is 1.29 bits per heavy atom. The Bertz CT molecular complexity index is 963. The number of sulfone groups is 1. The normalized spacial score (nSPS) is 24.5. The van der Waals surface area contributed by atoms with Crippen LogP contribution in [0, 0.1) is 5.92 Å². The van der Waals surface area contributed by atoms with E-state index >= 15 is 0 Å². The summed E-state index contributed by atoms with van der Waals surface area (Å²) < 4.78 is 30.4. The van der Waals surface area contributed by atoms with Crippen LogP contribution in [0.1, 0.15) is 70.3 Å². The van der Waals surface area contributed by atoms with E-state index in [0.29, 0.717) is 5.75 Å². The molecule has 0 unspecified atom stereocenters. The van der Waals surface area contributed by atoms with Gasteiger partial charge in [0.25, 0.3) is 5.91 Å². The highest BCUT2D eigenvalue weighted by molar-refractivity contribution is 7.91. The number of carbonyl (C=O) groups is 2. The number of hydrogen-bond acceptors (Lipinski definition) is 5. The molecule has 7 nitrogen and oxygen atoms in total. The fraction of sp³-hybridized carbons (Fsp3) is 0.652. The molecule has 1 aromatic rings. The Morgan fingerprint density at radius 3 is 2.29 bits per heavy atom. The molecule has 1 fully saturated rings. The molecule has 8 heteroatoms. The van der Waals surface area contributed by atoms with Gasteiger partial charge in [0, 0.05) is 24.3 Å². The van der Waals surface area contributed by atoms with Gasteiger partial charge in [-0.1, -0.05) is 40.7 Å². The number of methoxy groups -OCH3 is 1. The molecule has 174 valence electrons. The lowest BCUT2D eigenvalue weighted by Gasteiger charge is -2.38. The van der Waals surface area contributed by atoms with E-state index in [1.165, 1.54) is 12.0 Å². The second-order valence-corrected chi connectivity index (χ2v) is 12.4. The first-order chi connectivity index (χ1) is 14.1. The lowest BCUT2D eigenvalue weighted by atomic mass is 9.84. The highest BCUT2D eigenvalue weighted by Crippen LogP contribution is 2.43. The van der Waals surface area contributed by atoms with E-state index in [2.05, 4.69) is 0 Å². The van der Waals surface area contributed by atoms with E-state index in [-0.39, 0.29) is 29.7 Å². The van der Waals surface area contributed by atoms with Gasteiger partial charge in [0.05, 0.1) is 12.4 Å². The van der Waals surface area contributed by atoms with Crippen LogP contribution in [-0.2, 0) is 20.0 Å². The Morgan fingerprint density at radius 2 is 1.87 bits per heavy atom. The van der Waals surface area contributed by atoms with Crippen LogP contribution in [-0.4, -0.2) is 60.5 Å². The minimum absolute atomic E-state index is 0.0466. The summed E-state index contributed by atoms with van der Waals surface area (Å²) in [7, 11) is -2.04. The van der Waals surface area contributed by atoms with Crippen molar-refractivity contribution in [2.24, 2.45) is 5.92 Å². The Balaban J connectivity index is 2.66. The molecule has 1 aliphatic rings. The number of amides is 1. The quantitative estimate of drug-likeness (QED) is 0.707. The number of ether oxygens (including phenoxy) is 1. The predicted octanol–water partition coefficient (Wildman–Crippen LogP) is 3.51. The summed E-state index contributed by atoms with van der Waals surface area (Å²) in [5.41, 5.74) is -0.603. The van der Waals surface area contributed by atoms with Crippen molar-refractivity contribution in [3.63, 3.8) is 0 Å². The van der Waals surface area contributed by atoms with E-state index in [4.69, 9.17) is 4.74 Å². The molecule has 1 heterocycles. The van der Waals surface area contributed by atoms with Crippen molar-refractivity contribution in [3.8, 4) is 5.75 Å². The van der Waals surface area contributed by atoms with E-state index in [0.717, 1.165) is 11.8 Å². The molecule has 0 bridgehead atoms. The van der Waals surface area contributed by atoms with Crippen LogP contribution in [0.3, 0.4) is 0 Å². The maximum Gasteiger partial charge on any atom is 0.329 e. The number of likely N-dealkylation sites (tertiary alicyclic amines) is 1. The average molecular weight is 454 g/mol. The van der Waals surface area contributed by atoms with E-state index in [1.807, 2.05) is 40.7 Å². The third-order valence-electron chi connectivity index (χ3n) is 6.11. The largest absolute Gasteiger partial charge is 0.496 e. The molecule has 0 aromatic heterocycles. The standard InChI is InChI=1S/C23H35NO6S/c1-14(2)12-23(21(26)27)13-19(31(8,28)29)15(3)24(23)20(25)16-9-10-17(22(4,5)6)18(11-16)30-7/h9-11,14-15,19H,12-13H2,1-8H3,(H,26,27)/t15-,19+,23+/m1/s1. The van der Waals surface area contributed by atoms with Gasteiger partial charge < -0.3 is 14.7 Å². The molecule has 1 saturated heterocycles. The highest BCUT2D eigenvalue weighted by Gasteiger charge is 2.59. The Labute approximate surface area is 185 Å². The number of carbonyl (C=O) groups excluding carboxylic acids is 1. The number of aliphatic carboxylic acids is 1. The van der Waals surface area contributed by atoms with Crippen LogP contribution in [0.2, 0.25) is 0 Å². The van der Waals surface area contributed by atoms with Crippen LogP contribution in [0.25, 0.3) is 0 Å². The van der Waals surface area contributed by atoms with Crippen LogP contribution in [0.4, 0.5) is 0 Å². The minimum Gasteiger partial charge on any atom is -0.496 e. The first-order valence-electron chi connectivity index (χ1n) is 10.5. The van der Waals surface area contributed by atoms with Crippen molar-refractivity contribution >= 4 is 21.7 Å². The summed E-state index contributed by atoms with van der Waals surface area (Å²) >= 11 is 0. The summed E-state index contributed by atoms with van der Waals surface area (Å²) in [5, 5.41) is 9.28. The van der Waals surface area contributed by atoms with Crippen molar-refractivity contribution in [3.05, 3.63) is 29.3 Å². The molecule has 0 spiro atoms. The fourth-order valence-electron chi connectivity index (χ4n) is 4.76. The van der Waals surface area contributed by atoms with Gasteiger partial charge in [0.1, 0.15) is 11.3 Å². The monoisotopic (exact) mass is 453 g/mol. The average Bonchev–Trinajstić information content (AvgIpc) is 2.92. The summed E-state index contributed by atoms with van der Waals surface area (Å²) in [6, 6.07) is 4.32. The van der Waals surface area contributed by atoms with Crippen molar-refractivity contribution in [1.82, 2.24) is 4.90 Å². The minimum atomic E-state index is -3.56. The van der Waals surface area contributed by atoms with Gasteiger partial charge in [-0.3, -0.25) is 4.79 Å². The van der Waals surface area contributed by atoms with Crippen LogP contribution in [0.5, 0.6) is 5.75 Å². The number of nitrogens with zero attached hydrogens (tertiary/aromatic N) is 1. The van der Waals surface area contributed by atoms with Crippen molar-refractivity contribution in [1.29, 1.82) is 0 Å². The molecule has 3 atom stereocenters. The van der Waals surface area contributed by atoms with Gasteiger partial charge in [-0.2, -0.15) is 0 Å². The molecular weight excluding hydrogens is 418 g/mol. The number of carboxylic acids is 1. The first kappa shape index (κ1) is 25.2. The van der Waals surface area contributed by atoms with E-state index < -0.39 is 38.5 Å². The van der Waals surface area contributed by atoms with Crippen molar-refractivity contribution in [2.75, 3.05) is 13.4 Å².